The second kappa shape index (κ2) is 3.72. The molecule has 0 bridgehead atoms. The lowest BCUT2D eigenvalue weighted by molar-refractivity contribution is 0.0946. The third-order valence-electron chi connectivity index (χ3n) is 1.96. The van der Waals surface area contributed by atoms with Gasteiger partial charge in [-0.05, 0) is 6.07 Å². The van der Waals surface area contributed by atoms with E-state index in [0.29, 0.717) is 28.0 Å². The molecule has 2 nitrogen and oxygen atoms in total. The molecule has 2 rings (SSSR count). The minimum absolute atomic E-state index is 0.0233. The van der Waals surface area contributed by atoms with E-state index in [2.05, 4.69) is 15.9 Å². The standard InChI is InChI=1S/C9H5BrCl2O2/c10-5-3-14-8-2-7(12)6(11)1-4(8)9(5)13/h1-2,5H,3H2/t5-/m0/s1. The lowest BCUT2D eigenvalue weighted by Gasteiger charge is -2.20. The first-order valence-electron chi connectivity index (χ1n) is 3.89. The quantitative estimate of drug-likeness (QED) is 0.686. The van der Waals surface area contributed by atoms with E-state index < -0.39 is 0 Å². The summed E-state index contributed by atoms with van der Waals surface area (Å²) in [6.07, 6.45) is 0. The largest absolute Gasteiger partial charge is 0.491 e. The number of hydrogen-bond donors (Lipinski definition) is 0. The molecule has 1 aliphatic rings. The lowest BCUT2D eigenvalue weighted by atomic mass is 10.1. The molecule has 74 valence electrons. The first-order chi connectivity index (χ1) is 6.59. The molecule has 14 heavy (non-hydrogen) atoms. The van der Waals surface area contributed by atoms with Crippen molar-refractivity contribution >= 4 is 44.9 Å². The van der Waals surface area contributed by atoms with E-state index in [1.165, 1.54) is 6.07 Å². The van der Waals surface area contributed by atoms with Crippen LogP contribution in [0.5, 0.6) is 5.75 Å². The first-order valence-corrected chi connectivity index (χ1v) is 5.57. The topological polar surface area (TPSA) is 26.3 Å². The van der Waals surface area contributed by atoms with Crippen molar-refractivity contribution < 1.29 is 9.53 Å². The monoisotopic (exact) mass is 294 g/mol. The number of ketones is 1. The fourth-order valence-corrected chi connectivity index (χ4v) is 1.94. The predicted octanol–water partition coefficient (Wildman–Crippen LogP) is 3.33. The van der Waals surface area contributed by atoms with Gasteiger partial charge >= 0.3 is 0 Å². The summed E-state index contributed by atoms with van der Waals surface area (Å²) in [5.74, 6) is 0.477. The minimum Gasteiger partial charge on any atom is -0.491 e. The summed E-state index contributed by atoms with van der Waals surface area (Å²) >= 11 is 14.8. The van der Waals surface area contributed by atoms with E-state index in [9.17, 15) is 4.79 Å². The highest BCUT2D eigenvalue weighted by Crippen LogP contribution is 2.34. The minimum atomic E-state index is -0.299. The number of ether oxygens (including phenoxy) is 1. The van der Waals surface area contributed by atoms with Crippen LogP contribution in [0.4, 0.5) is 0 Å². The second-order valence-electron chi connectivity index (χ2n) is 2.91. The van der Waals surface area contributed by atoms with E-state index in [1.54, 1.807) is 6.07 Å². The Bertz CT molecular complexity index is 406. The Hall–Kier alpha value is -0.250. The van der Waals surface area contributed by atoms with Crippen LogP contribution < -0.4 is 4.74 Å². The maximum Gasteiger partial charge on any atom is 0.183 e. The zero-order valence-electron chi connectivity index (χ0n) is 6.89. The molecular formula is C9H5BrCl2O2. The first kappa shape index (κ1) is 10.3. The van der Waals surface area contributed by atoms with Crippen LogP contribution in [0.1, 0.15) is 10.4 Å². The van der Waals surface area contributed by atoms with Gasteiger partial charge in [-0.1, -0.05) is 39.1 Å². The van der Waals surface area contributed by atoms with Gasteiger partial charge in [0, 0.05) is 6.07 Å². The number of fused-ring (bicyclic) bond motifs is 1. The van der Waals surface area contributed by atoms with Crippen molar-refractivity contribution in [1.29, 1.82) is 0 Å². The zero-order valence-corrected chi connectivity index (χ0v) is 9.99. The summed E-state index contributed by atoms with van der Waals surface area (Å²) in [5, 5.41) is 0.759. The third kappa shape index (κ3) is 1.64. The summed E-state index contributed by atoms with van der Waals surface area (Å²) in [7, 11) is 0. The molecule has 0 saturated heterocycles. The number of Topliss-reactive ketones (excluding diaryl/α,β-unsaturated/α-hetero) is 1. The van der Waals surface area contributed by atoms with Crippen LogP contribution in [-0.4, -0.2) is 17.2 Å². The van der Waals surface area contributed by atoms with Crippen LogP contribution in [0.3, 0.4) is 0 Å². The number of benzene rings is 1. The lowest BCUT2D eigenvalue weighted by Crippen LogP contribution is -2.27. The number of alkyl halides is 1. The Morgan fingerprint density at radius 2 is 2.00 bits per heavy atom. The Morgan fingerprint density at radius 1 is 1.36 bits per heavy atom. The highest BCUT2D eigenvalue weighted by Gasteiger charge is 2.27. The van der Waals surface area contributed by atoms with E-state index in [-0.39, 0.29) is 10.6 Å². The second-order valence-corrected chi connectivity index (χ2v) is 4.82. The molecule has 0 N–H and O–H groups in total. The van der Waals surface area contributed by atoms with Gasteiger partial charge in [0.25, 0.3) is 0 Å². The summed E-state index contributed by atoms with van der Waals surface area (Å²) in [5.41, 5.74) is 0.479. The summed E-state index contributed by atoms with van der Waals surface area (Å²) in [6, 6.07) is 3.10. The molecule has 1 heterocycles. The fraction of sp³-hybridized carbons (Fsp3) is 0.222. The van der Waals surface area contributed by atoms with Crippen molar-refractivity contribution in [1.82, 2.24) is 0 Å². The van der Waals surface area contributed by atoms with Gasteiger partial charge in [0.15, 0.2) is 5.78 Å². The Balaban J connectivity index is 2.56. The average Bonchev–Trinajstić information content (AvgIpc) is 2.15. The van der Waals surface area contributed by atoms with Crippen LogP contribution in [-0.2, 0) is 0 Å². The number of carbonyl (C=O) groups is 1. The van der Waals surface area contributed by atoms with Gasteiger partial charge in [-0.25, -0.2) is 0 Å². The Morgan fingerprint density at radius 3 is 2.71 bits per heavy atom. The molecule has 5 heteroatoms. The van der Waals surface area contributed by atoms with Crippen molar-refractivity contribution in [2.75, 3.05) is 6.61 Å². The van der Waals surface area contributed by atoms with Gasteiger partial charge in [0.2, 0.25) is 0 Å². The van der Waals surface area contributed by atoms with Crippen molar-refractivity contribution in [2.24, 2.45) is 0 Å². The average molecular weight is 296 g/mol. The number of hydrogen-bond acceptors (Lipinski definition) is 2. The maximum absolute atomic E-state index is 11.7. The molecule has 0 aliphatic carbocycles. The zero-order chi connectivity index (χ0) is 10.3. The Labute approximate surface area is 99.3 Å². The van der Waals surface area contributed by atoms with Crippen LogP contribution in [0.2, 0.25) is 10.0 Å². The van der Waals surface area contributed by atoms with Crippen LogP contribution in [0.25, 0.3) is 0 Å². The fourth-order valence-electron chi connectivity index (χ4n) is 1.25. The van der Waals surface area contributed by atoms with Crippen LogP contribution >= 0.6 is 39.1 Å². The third-order valence-corrected chi connectivity index (χ3v) is 3.36. The highest BCUT2D eigenvalue weighted by molar-refractivity contribution is 9.10. The number of carbonyl (C=O) groups excluding carboxylic acids is 1. The van der Waals surface area contributed by atoms with Crippen molar-refractivity contribution in [3.63, 3.8) is 0 Å². The van der Waals surface area contributed by atoms with E-state index >= 15 is 0 Å². The summed E-state index contributed by atoms with van der Waals surface area (Å²) in [4.78, 5) is 11.4. The van der Waals surface area contributed by atoms with E-state index in [0.717, 1.165) is 0 Å². The molecule has 1 aromatic rings. The van der Waals surface area contributed by atoms with Gasteiger partial charge in [-0.2, -0.15) is 0 Å². The molecular weight excluding hydrogens is 291 g/mol. The summed E-state index contributed by atoms with van der Waals surface area (Å²) < 4.78 is 5.33. The number of rotatable bonds is 0. The number of halogens is 3. The SMILES string of the molecule is O=C1c2cc(Cl)c(Cl)cc2OC[C@@H]1Br. The molecule has 1 aliphatic heterocycles. The van der Waals surface area contributed by atoms with Gasteiger partial charge in [0.1, 0.15) is 17.2 Å². The molecule has 0 spiro atoms. The Kier molecular flexibility index (Phi) is 2.73. The van der Waals surface area contributed by atoms with Crippen molar-refractivity contribution in [2.45, 2.75) is 4.83 Å². The summed E-state index contributed by atoms with van der Waals surface area (Å²) in [6.45, 7) is 0.323. The van der Waals surface area contributed by atoms with E-state index in [1.807, 2.05) is 0 Å². The van der Waals surface area contributed by atoms with Gasteiger partial charge in [0.05, 0.1) is 15.6 Å². The molecule has 0 aromatic heterocycles. The van der Waals surface area contributed by atoms with Gasteiger partial charge < -0.3 is 4.74 Å². The molecule has 0 saturated carbocycles. The van der Waals surface area contributed by atoms with Crippen LogP contribution in [0.15, 0.2) is 12.1 Å². The molecule has 1 atom stereocenters. The van der Waals surface area contributed by atoms with Gasteiger partial charge in [-0.15, -0.1) is 0 Å². The normalized spacial score (nSPS) is 20.2. The molecule has 0 unspecified atom stereocenters. The van der Waals surface area contributed by atoms with Crippen molar-refractivity contribution in [3.8, 4) is 5.75 Å². The predicted molar refractivity (Wildman–Crippen MR) is 59.0 cm³/mol. The molecule has 0 amide bonds. The smallest absolute Gasteiger partial charge is 0.183 e. The molecule has 0 radical (unpaired) electrons. The molecule has 1 aromatic carbocycles. The van der Waals surface area contributed by atoms with Gasteiger partial charge in [-0.3, -0.25) is 4.79 Å². The highest BCUT2D eigenvalue weighted by atomic mass is 79.9. The van der Waals surface area contributed by atoms with Crippen LogP contribution in [0, 0.1) is 0 Å². The molecule has 0 fully saturated rings. The maximum atomic E-state index is 11.7. The van der Waals surface area contributed by atoms with E-state index in [4.69, 9.17) is 27.9 Å². The van der Waals surface area contributed by atoms with Crippen molar-refractivity contribution in [3.05, 3.63) is 27.7 Å².